The predicted molar refractivity (Wildman–Crippen MR) is 84.2 cm³/mol. The van der Waals surface area contributed by atoms with Crippen LogP contribution in [0.25, 0.3) is 11.0 Å². The minimum atomic E-state index is 0.708. The molecule has 0 aliphatic carbocycles. The van der Waals surface area contributed by atoms with Crippen LogP contribution >= 0.6 is 23.4 Å². The molecule has 2 aromatic heterocycles. The van der Waals surface area contributed by atoms with Crippen LogP contribution in [0.2, 0.25) is 5.02 Å². The second-order valence-corrected chi connectivity index (χ2v) is 5.73. The fraction of sp³-hybridized carbons (Fsp3) is 0.200. The first-order valence-corrected chi connectivity index (χ1v) is 7.82. The summed E-state index contributed by atoms with van der Waals surface area (Å²) in [6, 6.07) is 10.2. The number of nitrogens with zero attached hydrogens (tertiary/aromatic N) is 3. The molecule has 0 bridgehead atoms. The van der Waals surface area contributed by atoms with Gasteiger partial charge in [-0.15, -0.1) is 0 Å². The number of thioether (sulfide) groups is 1. The average molecular weight is 304 g/mol. The number of para-hydroxylation sites is 2. The van der Waals surface area contributed by atoms with Gasteiger partial charge in [-0.2, -0.15) is 0 Å². The lowest BCUT2D eigenvalue weighted by atomic mass is 10.3. The van der Waals surface area contributed by atoms with Crippen molar-refractivity contribution in [3.63, 3.8) is 0 Å². The summed E-state index contributed by atoms with van der Waals surface area (Å²) < 4.78 is 2.23. The Morgan fingerprint density at radius 3 is 2.90 bits per heavy atom. The lowest BCUT2D eigenvalue weighted by Crippen LogP contribution is -1.96. The van der Waals surface area contributed by atoms with E-state index in [1.54, 1.807) is 24.2 Å². The van der Waals surface area contributed by atoms with Gasteiger partial charge in [0.2, 0.25) is 0 Å². The summed E-state index contributed by atoms with van der Waals surface area (Å²) in [6.45, 7) is 3.05. The van der Waals surface area contributed by atoms with Crippen molar-refractivity contribution in [1.82, 2.24) is 14.5 Å². The van der Waals surface area contributed by atoms with Crippen LogP contribution in [-0.2, 0) is 12.3 Å². The van der Waals surface area contributed by atoms with E-state index in [-0.39, 0.29) is 0 Å². The van der Waals surface area contributed by atoms with E-state index in [2.05, 4.69) is 22.5 Å². The zero-order valence-corrected chi connectivity index (χ0v) is 12.7. The highest BCUT2D eigenvalue weighted by Crippen LogP contribution is 2.28. The second-order valence-electron chi connectivity index (χ2n) is 4.38. The largest absolute Gasteiger partial charge is 0.319 e. The van der Waals surface area contributed by atoms with Crippen LogP contribution in [0.1, 0.15) is 12.5 Å². The minimum Gasteiger partial charge on any atom is -0.319 e. The first-order chi connectivity index (χ1) is 9.79. The van der Waals surface area contributed by atoms with Gasteiger partial charge in [-0.3, -0.25) is 4.98 Å². The molecular formula is C15H14ClN3S. The van der Waals surface area contributed by atoms with Crippen molar-refractivity contribution >= 4 is 34.4 Å². The molecule has 0 amide bonds. The van der Waals surface area contributed by atoms with Crippen molar-refractivity contribution in [2.24, 2.45) is 0 Å². The summed E-state index contributed by atoms with van der Waals surface area (Å²) in [7, 11) is 0. The highest BCUT2D eigenvalue weighted by atomic mass is 35.5. The SMILES string of the molecule is CCn1c(SCc2ccncc2Cl)nc2ccccc21. The average Bonchev–Trinajstić information content (AvgIpc) is 2.84. The Morgan fingerprint density at radius 1 is 1.25 bits per heavy atom. The van der Waals surface area contributed by atoms with Gasteiger partial charge in [0.05, 0.1) is 16.1 Å². The van der Waals surface area contributed by atoms with Crippen molar-refractivity contribution in [3.8, 4) is 0 Å². The van der Waals surface area contributed by atoms with Crippen LogP contribution in [0, 0.1) is 0 Å². The van der Waals surface area contributed by atoms with Crippen molar-refractivity contribution in [2.45, 2.75) is 24.4 Å². The van der Waals surface area contributed by atoms with Gasteiger partial charge in [0.1, 0.15) is 0 Å². The summed E-state index contributed by atoms with van der Waals surface area (Å²) in [5.41, 5.74) is 3.30. The molecule has 0 N–H and O–H groups in total. The lowest BCUT2D eigenvalue weighted by molar-refractivity contribution is 0.702. The maximum Gasteiger partial charge on any atom is 0.169 e. The number of aryl methyl sites for hydroxylation is 1. The molecule has 3 aromatic rings. The fourth-order valence-corrected chi connectivity index (χ4v) is 3.48. The van der Waals surface area contributed by atoms with Gasteiger partial charge in [0, 0.05) is 24.7 Å². The third-order valence-corrected chi connectivity index (χ3v) is 4.51. The summed E-state index contributed by atoms with van der Waals surface area (Å²) in [5, 5.41) is 1.74. The molecule has 20 heavy (non-hydrogen) atoms. The number of halogens is 1. The van der Waals surface area contributed by atoms with Gasteiger partial charge in [0.15, 0.2) is 5.16 Å². The maximum atomic E-state index is 6.14. The van der Waals surface area contributed by atoms with Crippen LogP contribution in [0.4, 0.5) is 0 Å². The van der Waals surface area contributed by atoms with Gasteiger partial charge in [-0.25, -0.2) is 4.98 Å². The number of pyridine rings is 1. The van der Waals surface area contributed by atoms with Gasteiger partial charge in [0.25, 0.3) is 0 Å². The van der Waals surface area contributed by atoms with E-state index in [1.165, 1.54) is 5.52 Å². The quantitative estimate of drug-likeness (QED) is 0.669. The Morgan fingerprint density at radius 2 is 2.10 bits per heavy atom. The monoisotopic (exact) mass is 303 g/mol. The molecule has 0 aliphatic rings. The molecule has 0 saturated heterocycles. The Hall–Kier alpha value is -1.52. The molecular weight excluding hydrogens is 290 g/mol. The molecule has 3 rings (SSSR count). The van der Waals surface area contributed by atoms with Gasteiger partial charge in [-0.05, 0) is 30.7 Å². The highest BCUT2D eigenvalue weighted by molar-refractivity contribution is 7.98. The molecule has 1 aromatic carbocycles. The van der Waals surface area contributed by atoms with Gasteiger partial charge < -0.3 is 4.57 Å². The molecule has 0 fully saturated rings. The van der Waals surface area contributed by atoms with Crippen LogP contribution < -0.4 is 0 Å². The van der Waals surface area contributed by atoms with E-state index >= 15 is 0 Å². The molecule has 3 nitrogen and oxygen atoms in total. The molecule has 0 saturated carbocycles. The van der Waals surface area contributed by atoms with Crippen molar-refractivity contribution < 1.29 is 0 Å². The number of aromatic nitrogens is 3. The number of imidazole rings is 1. The topological polar surface area (TPSA) is 30.7 Å². The standard InChI is InChI=1S/C15H14ClN3S/c1-2-19-14-6-4-3-5-13(14)18-15(19)20-10-11-7-8-17-9-12(11)16/h3-9H,2,10H2,1H3. The molecule has 0 unspecified atom stereocenters. The van der Waals surface area contributed by atoms with Gasteiger partial charge in [-0.1, -0.05) is 35.5 Å². The lowest BCUT2D eigenvalue weighted by Gasteiger charge is -2.06. The second kappa shape index (κ2) is 5.85. The van der Waals surface area contributed by atoms with E-state index in [9.17, 15) is 0 Å². The molecule has 102 valence electrons. The predicted octanol–water partition coefficient (Wildman–Crippen LogP) is 4.40. The molecule has 0 spiro atoms. The Labute approximate surface area is 127 Å². The first kappa shape index (κ1) is 13.5. The molecule has 2 heterocycles. The molecule has 5 heteroatoms. The fourth-order valence-electron chi connectivity index (χ4n) is 2.13. The van der Waals surface area contributed by atoms with Crippen molar-refractivity contribution in [3.05, 3.63) is 53.3 Å². The van der Waals surface area contributed by atoms with Crippen molar-refractivity contribution in [1.29, 1.82) is 0 Å². The smallest absolute Gasteiger partial charge is 0.169 e. The van der Waals surface area contributed by atoms with Crippen molar-refractivity contribution in [2.75, 3.05) is 0 Å². The molecule has 0 atom stereocenters. The van der Waals surface area contributed by atoms with Crippen LogP contribution in [0.3, 0.4) is 0 Å². The number of benzene rings is 1. The molecule has 0 radical (unpaired) electrons. The Bertz CT molecular complexity index is 739. The third-order valence-electron chi connectivity index (χ3n) is 3.15. The number of fused-ring (bicyclic) bond motifs is 1. The highest BCUT2D eigenvalue weighted by Gasteiger charge is 2.10. The van der Waals surface area contributed by atoms with E-state index in [4.69, 9.17) is 16.6 Å². The zero-order chi connectivity index (χ0) is 13.9. The molecule has 0 aliphatic heterocycles. The van der Waals surface area contributed by atoms with E-state index in [0.717, 1.165) is 28.5 Å². The first-order valence-electron chi connectivity index (χ1n) is 6.46. The number of hydrogen-bond acceptors (Lipinski definition) is 3. The maximum absolute atomic E-state index is 6.14. The normalized spacial score (nSPS) is 11.1. The summed E-state index contributed by atoms with van der Waals surface area (Å²) in [4.78, 5) is 8.70. The van der Waals surface area contributed by atoms with E-state index < -0.39 is 0 Å². The third kappa shape index (κ3) is 2.53. The summed E-state index contributed by atoms with van der Waals surface area (Å²) in [5.74, 6) is 0.796. The minimum absolute atomic E-state index is 0.708. The van der Waals surface area contributed by atoms with Crippen LogP contribution in [0.5, 0.6) is 0 Å². The summed E-state index contributed by atoms with van der Waals surface area (Å²) in [6.07, 6.45) is 3.45. The Kier molecular flexibility index (Phi) is 3.94. The van der Waals surface area contributed by atoms with E-state index in [1.807, 2.05) is 24.3 Å². The number of rotatable bonds is 4. The zero-order valence-electron chi connectivity index (χ0n) is 11.1. The van der Waals surface area contributed by atoms with E-state index in [0.29, 0.717) is 5.02 Å². The van der Waals surface area contributed by atoms with Gasteiger partial charge >= 0.3 is 0 Å². The van der Waals surface area contributed by atoms with Crippen LogP contribution in [-0.4, -0.2) is 14.5 Å². The van der Waals surface area contributed by atoms with Crippen LogP contribution in [0.15, 0.2) is 47.9 Å². The summed E-state index contributed by atoms with van der Waals surface area (Å²) >= 11 is 7.84. The Balaban J connectivity index is 1.89. The number of hydrogen-bond donors (Lipinski definition) is 0.